The van der Waals surface area contributed by atoms with Crippen LogP contribution in [0.25, 0.3) is 10.2 Å². The number of fused-ring (bicyclic) bond motifs is 1. The van der Waals surface area contributed by atoms with Crippen molar-refractivity contribution in [1.29, 1.82) is 0 Å². The zero-order chi connectivity index (χ0) is 8.01. The highest BCUT2D eigenvalue weighted by Gasteiger charge is 2.10. The molecule has 0 spiro atoms. The summed E-state index contributed by atoms with van der Waals surface area (Å²) in [6.07, 6.45) is 0. The number of rotatable bonds is 0. The molecule has 0 amide bonds. The van der Waals surface area contributed by atoms with E-state index in [2.05, 4.69) is 4.98 Å². The largest absolute Gasteiger partial charge is 0.355 e. The minimum Gasteiger partial charge on any atom is -0.355 e. The predicted octanol–water partition coefficient (Wildman–Crippen LogP) is 2.82. The van der Waals surface area contributed by atoms with Gasteiger partial charge in [-0.3, -0.25) is 0 Å². The van der Waals surface area contributed by atoms with Crippen LogP contribution in [0.2, 0.25) is 0 Å². The van der Waals surface area contributed by atoms with E-state index in [-0.39, 0.29) is 10.9 Å². The van der Waals surface area contributed by atoms with Gasteiger partial charge in [-0.25, -0.2) is 4.39 Å². The molecule has 4 heteroatoms. The van der Waals surface area contributed by atoms with E-state index in [1.165, 1.54) is 6.07 Å². The number of H-pyrrole nitrogens is 1. The monoisotopic (exact) mass is 173 g/mol. The molecule has 0 atom stereocenters. The van der Waals surface area contributed by atoms with Gasteiger partial charge in [-0.15, -0.1) is 11.3 Å². The molecule has 0 aliphatic heterocycles. The molecule has 11 heavy (non-hydrogen) atoms. The standard InChI is InChI=1S/C7H5F2NS/c1-3-6(9)7-4(10-3)2-5(8)11-7/h2,10H,1H3. The first-order chi connectivity index (χ1) is 5.18. The second-order valence-electron chi connectivity index (χ2n) is 2.36. The van der Waals surface area contributed by atoms with E-state index in [0.29, 0.717) is 15.9 Å². The van der Waals surface area contributed by atoms with Crippen molar-refractivity contribution in [3.63, 3.8) is 0 Å². The summed E-state index contributed by atoms with van der Waals surface area (Å²) in [7, 11) is 0. The molecule has 2 aromatic rings. The Morgan fingerprint density at radius 2 is 2.18 bits per heavy atom. The van der Waals surface area contributed by atoms with E-state index in [0.717, 1.165) is 11.3 Å². The lowest BCUT2D eigenvalue weighted by Crippen LogP contribution is -1.72. The van der Waals surface area contributed by atoms with Gasteiger partial charge in [-0.05, 0) is 6.92 Å². The van der Waals surface area contributed by atoms with Crippen molar-refractivity contribution in [2.75, 3.05) is 0 Å². The van der Waals surface area contributed by atoms with Crippen molar-refractivity contribution in [2.45, 2.75) is 6.92 Å². The van der Waals surface area contributed by atoms with Crippen LogP contribution in [-0.4, -0.2) is 4.98 Å². The fourth-order valence-corrected chi connectivity index (χ4v) is 1.88. The normalized spacial score (nSPS) is 11.2. The average Bonchev–Trinajstić information content (AvgIpc) is 2.37. The Labute approximate surface area is 65.7 Å². The zero-order valence-corrected chi connectivity index (χ0v) is 6.56. The summed E-state index contributed by atoms with van der Waals surface area (Å²) in [6, 6.07) is 1.30. The Balaban J connectivity index is 2.88. The van der Waals surface area contributed by atoms with Crippen LogP contribution >= 0.6 is 11.3 Å². The molecular formula is C7H5F2NS. The molecule has 2 rings (SSSR count). The van der Waals surface area contributed by atoms with Crippen molar-refractivity contribution >= 4 is 21.6 Å². The lowest BCUT2D eigenvalue weighted by atomic mass is 10.4. The summed E-state index contributed by atoms with van der Waals surface area (Å²) >= 11 is 0.827. The van der Waals surface area contributed by atoms with Crippen LogP contribution in [0, 0.1) is 17.9 Å². The van der Waals surface area contributed by atoms with Crippen molar-refractivity contribution < 1.29 is 8.78 Å². The first-order valence-corrected chi connectivity index (χ1v) is 3.93. The predicted molar refractivity (Wildman–Crippen MR) is 40.8 cm³/mol. The second-order valence-corrected chi connectivity index (χ2v) is 3.36. The molecule has 0 radical (unpaired) electrons. The number of hydrogen-bond acceptors (Lipinski definition) is 1. The van der Waals surface area contributed by atoms with E-state index in [1.54, 1.807) is 6.92 Å². The van der Waals surface area contributed by atoms with Crippen LogP contribution in [0.3, 0.4) is 0 Å². The molecule has 0 aliphatic rings. The summed E-state index contributed by atoms with van der Waals surface area (Å²) in [5.74, 6) is -0.339. The minimum absolute atomic E-state index is 0.339. The van der Waals surface area contributed by atoms with Crippen LogP contribution in [0.1, 0.15) is 5.69 Å². The van der Waals surface area contributed by atoms with Crippen LogP contribution in [-0.2, 0) is 0 Å². The number of aromatic nitrogens is 1. The summed E-state index contributed by atoms with van der Waals surface area (Å²) in [5.41, 5.74) is 1.01. The van der Waals surface area contributed by atoms with Gasteiger partial charge in [0.15, 0.2) is 10.9 Å². The third-order valence-electron chi connectivity index (χ3n) is 1.55. The van der Waals surface area contributed by atoms with Gasteiger partial charge >= 0.3 is 0 Å². The Bertz CT molecular complexity index is 402. The molecule has 0 unspecified atom stereocenters. The third-order valence-corrected chi connectivity index (χ3v) is 2.47. The number of halogens is 2. The quantitative estimate of drug-likeness (QED) is 0.630. The molecule has 2 aromatic heterocycles. The maximum Gasteiger partial charge on any atom is 0.179 e. The van der Waals surface area contributed by atoms with E-state index >= 15 is 0 Å². The van der Waals surface area contributed by atoms with Crippen LogP contribution < -0.4 is 0 Å². The first-order valence-electron chi connectivity index (χ1n) is 3.11. The molecule has 2 heterocycles. The number of thiophene rings is 1. The molecule has 0 aliphatic carbocycles. The molecule has 58 valence electrons. The van der Waals surface area contributed by atoms with Crippen molar-refractivity contribution in [2.24, 2.45) is 0 Å². The van der Waals surface area contributed by atoms with Gasteiger partial charge in [-0.1, -0.05) is 0 Å². The minimum atomic E-state index is -0.356. The van der Waals surface area contributed by atoms with Crippen LogP contribution in [0.5, 0.6) is 0 Å². The van der Waals surface area contributed by atoms with E-state index in [4.69, 9.17) is 0 Å². The Morgan fingerprint density at radius 3 is 2.82 bits per heavy atom. The maximum absolute atomic E-state index is 13.0. The number of aromatic amines is 1. The number of hydrogen-bond donors (Lipinski definition) is 1. The molecule has 0 saturated heterocycles. The first kappa shape index (κ1) is 6.79. The fraction of sp³-hybridized carbons (Fsp3) is 0.143. The highest BCUT2D eigenvalue weighted by Crippen LogP contribution is 2.27. The summed E-state index contributed by atoms with van der Waals surface area (Å²) in [5, 5.41) is -0.356. The highest BCUT2D eigenvalue weighted by molar-refractivity contribution is 7.17. The van der Waals surface area contributed by atoms with E-state index in [1.807, 2.05) is 0 Å². The van der Waals surface area contributed by atoms with Gasteiger partial charge in [0, 0.05) is 11.8 Å². The van der Waals surface area contributed by atoms with Gasteiger partial charge in [0.2, 0.25) is 0 Å². The Hall–Kier alpha value is -0.900. The van der Waals surface area contributed by atoms with Crippen molar-refractivity contribution in [1.82, 2.24) is 4.98 Å². The maximum atomic E-state index is 13.0. The fourth-order valence-electron chi connectivity index (χ4n) is 1.04. The molecule has 0 aromatic carbocycles. The van der Waals surface area contributed by atoms with E-state index < -0.39 is 0 Å². The number of aryl methyl sites for hydroxylation is 1. The summed E-state index contributed by atoms with van der Waals surface area (Å²) in [6.45, 7) is 1.62. The van der Waals surface area contributed by atoms with Crippen LogP contribution in [0.15, 0.2) is 6.07 Å². The summed E-state index contributed by atoms with van der Waals surface area (Å²) in [4.78, 5) is 2.74. The lowest BCUT2D eigenvalue weighted by Gasteiger charge is -1.81. The molecule has 0 saturated carbocycles. The number of nitrogens with one attached hydrogen (secondary N) is 1. The van der Waals surface area contributed by atoms with Crippen molar-refractivity contribution in [3.8, 4) is 0 Å². The molecule has 0 bridgehead atoms. The molecule has 1 N–H and O–H groups in total. The molecule has 1 nitrogen and oxygen atoms in total. The van der Waals surface area contributed by atoms with Crippen molar-refractivity contribution in [3.05, 3.63) is 22.7 Å². The second kappa shape index (κ2) is 2.04. The molecular weight excluding hydrogens is 168 g/mol. The third kappa shape index (κ3) is 0.860. The van der Waals surface area contributed by atoms with Gasteiger partial charge in [0.25, 0.3) is 0 Å². The van der Waals surface area contributed by atoms with E-state index in [9.17, 15) is 8.78 Å². The Kier molecular flexibility index (Phi) is 1.26. The SMILES string of the molecule is Cc1[nH]c2cc(F)sc2c1F. The average molecular weight is 173 g/mol. The summed E-state index contributed by atoms with van der Waals surface area (Å²) < 4.78 is 25.9. The smallest absolute Gasteiger partial charge is 0.179 e. The zero-order valence-electron chi connectivity index (χ0n) is 5.74. The molecule has 0 fully saturated rings. The van der Waals surface area contributed by atoms with Gasteiger partial charge in [0.1, 0.15) is 0 Å². The lowest BCUT2D eigenvalue weighted by molar-refractivity contribution is 0.630. The highest BCUT2D eigenvalue weighted by atomic mass is 32.1. The topological polar surface area (TPSA) is 15.8 Å². The Morgan fingerprint density at radius 1 is 1.45 bits per heavy atom. The van der Waals surface area contributed by atoms with Gasteiger partial charge in [0.05, 0.1) is 10.2 Å². The van der Waals surface area contributed by atoms with Gasteiger partial charge in [-0.2, -0.15) is 4.39 Å². The van der Waals surface area contributed by atoms with Crippen LogP contribution in [0.4, 0.5) is 8.78 Å². The van der Waals surface area contributed by atoms with Gasteiger partial charge < -0.3 is 4.98 Å².